The summed E-state index contributed by atoms with van der Waals surface area (Å²) in [5.41, 5.74) is 24.2. The van der Waals surface area contributed by atoms with Gasteiger partial charge < -0.3 is 81.0 Å². The molecule has 19 N–H and O–H groups in total. The van der Waals surface area contributed by atoms with Gasteiger partial charge in [0.05, 0.1) is 12.2 Å². The van der Waals surface area contributed by atoms with E-state index in [1.54, 1.807) is 37.3 Å². The molecular weight excluding hydrogens is 1090 g/mol. The van der Waals surface area contributed by atoms with Crippen LogP contribution in [0, 0.1) is 23.7 Å². The summed E-state index contributed by atoms with van der Waals surface area (Å²) in [6.45, 7) is 11.2. The van der Waals surface area contributed by atoms with Crippen molar-refractivity contribution < 1.29 is 63.0 Å². The Morgan fingerprint density at radius 3 is 1.62 bits per heavy atom. The van der Waals surface area contributed by atoms with Crippen LogP contribution in [0.25, 0.3) is 0 Å². The molecule has 1 aromatic carbocycles. The summed E-state index contributed by atoms with van der Waals surface area (Å²) >= 11 is 0. The van der Waals surface area contributed by atoms with Gasteiger partial charge >= 0.3 is 0 Å². The highest BCUT2D eigenvalue weighted by atomic mass is 16.3. The maximum absolute atomic E-state index is 14.6. The maximum Gasteiger partial charge on any atom is 0.245 e. The number of rotatable bonds is 30. The van der Waals surface area contributed by atoms with Crippen LogP contribution in [0.15, 0.2) is 30.3 Å². The van der Waals surface area contributed by atoms with Crippen molar-refractivity contribution in [1.29, 1.82) is 0 Å². The number of aliphatic hydroxyl groups is 2. The van der Waals surface area contributed by atoms with E-state index in [0.717, 1.165) is 12.8 Å². The van der Waals surface area contributed by atoms with Gasteiger partial charge in [0.15, 0.2) is 5.78 Å². The van der Waals surface area contributed by atoms with Crippen LogP contribution in [0.3, 0.4) is 0 Å². The van der Waals surface area contributed by atoms with Gasteiger partial charge in [0, 0.05) is 44.1 Å². The first-order chi connectivity index (χ1) is 39.8. The number of carbonyl (C=O) groups is 11. The van der Waals surface area contributed by atoms with E-state index in [0.29, 0.717) is 24.3 Å². The number of unbranched alkanes of at least 4 members (excludes halogenated alkanes) is 1. The van der Waals surface area contributed by atoms with E-state index in [1.165, 1.54) is 13.8 Å². The van der Waals surface area contributed by atoms with Gasteiger partial charge in [-0.05, 0) is 109 Å². The van der Waals surface area contributed by atoms with Crippen LogP contribution >= 0.6 is 0 Å². The zero-order valence-corrected chi connectivity index (χ0v) is 50.3. The van der Waals surface area contributed by atoms with Gasteiger partial charge in [-0.1, -0.05) is 84.2 Å². The summed E-state index contributed by atoms with van der Waals surface area (Å²) < 4.78 is 0. The molecule has 26 nitrogen and oxygen atoms in total. The molecule has 2 rings (SSSR count). The Kier molecular flexibility index (Phi) is 34.4. The molecule has 12 atom stereocenters. The molecule has 0 aromatic heterocycles. The largest absolute Gasteiger partial charge is 0.391 e. The molecule has 26 heteroatoms. The average molecular weight is 1190 g/mol. The lowest BCUT2D eigenvalue weighted by Crippen LogP contribution is -2.61. The monoisotopic (exact) mass is 1190 g/mol. The topological polar surface area (TPSA) is 441 Å². The lowest BCUT2D eigenvalue weighted by atomic mass is 9.91. The molecule has 1 fully saturated rings. The minimum Gasteiger partial charge on any atom is -0.391 e. The van der Waals surface area contributed by atoms with Crippen LogP contribution in [0.2, 0.25) is 0 Å². The number of amides is 9. The van der Waals surface area contributed by atoms with Gasteiger partial charge in [0.2, 0.25) is 53.2 Å². The van der Waals surface area contributed by atoms with Crippen LogP contribution in [0.4, 0.5) is 0 Å². The Balaban J connectivity index is 2.69. The minimum absolute atomic E-state index is 0.0563. The van der Waals surface area contributed by atoms with Crippen LogP contribution in [-0.4, -0.2) is 168 Å². The van der Waals surface area contributed by atoms with Gasteiger partial charge in [0.1, 0.15) is 54.1 Å². The SMILES string of the molecule is CCC[C@@H]1NC(=O)[C@H](CC(C)C)NC(=O)[C@@H](Cc2ccccc2)NC(=O)[C@@H](CCN)NC(=O)[C@@H](NC(=O)[C@H](CCN)CC(=O)[C@@H](NC(=O)[C@H](CCN)CC(=O)CCCCC(C)C)[C@@H](C)O)CCNC(=O)[C@H]([C@@H](C)O)NC(=O)[C@H](CCN)NC1=O. The molecule has 0 saturated carbocycles. The summed E-state index contributed by atoms with van der Waals surface area (Å²) in [5.74, 6) is -10.5. The normalized spacial score (nSPS) is 22.8. The van der Waals surface area contributed by atoms with Gasteiger partial charge in [0.25, 0.3) is 0 Å². The second kappa shape index (κ2) is 39.2. The summed E-state index contributed by atoms with van der Waals surface area (Å²) in [4.78, 5) is 154. The fourth-order valence-corrected chi connectivity index (χ4v) is 9.64. The van der Waals surface area contributed by atoms with E-state index in [9.17, 15) is 63.0 Å². The molecule has 0 spiro atoms. The second-order valence-electron chi connectivity index (χ2n) is 22.8. The summed E-state index contributed by atoms with van der Waals surface area (Å²) in [6, 6.07) is -2.86. The first kappa shape index (κ1) is 73.7. The third-order valence-corrected chi connectivity index (χ3v) is 14.4. The maximum atomic E-state index is 14.6. The predicted octanol–water partition coefficient (Wildman–Crippen LogP) is -2.00. The van der Waals surface area contributed by atoms with Crippen LogP contribution in [0.5, 0.6) is 0 Å². The lowest BCUT2D eigenvalue weighted by Gasteiger charge is -2.28. The fourth-order valence-electron chi connectivity index (χ4n) is 9.64. The Morgan fingerprint density at radius 1 is 0.583 bits per heavy atom. The molecule has 9 amide bonds. The number of hydrogen-bond donors (Lipinski definition) is 15. The van der Waals surface area contributed by atoms with Crippen molar-refractivity contribution in [2.75, 3.05) is 32.7 Å². The van der Waals surface area contributed by atoms with Crippen molar-refractivity contribution >= 4 is 64.7 Å². The van der Waals surface area contributed by atoms with E-state index < -0.39 is 151 Å². The third-order valence-electron chi connectivity index (χ3n) is 14.4. The summed E-state index contributed by atoms with van der Waals surface area (Å²) in [7, 11) is 0. The molecule has 0 bridgehead atoms. The summed E-state index contributed by atoms with van der Waals surface area (Å²) in [6.07, 6.45) is -1.36. The zero-order chi connectivity index (χ0) is 63.1. The molecule has 0 radical (unpaired) electrons. The smallest absolute Gasteiger partial charge is 0.245 e. The number of hydrogen-bond acceptors (Lipinski definition) is 17. The Hall–Kier alpha value is -6.45. The second-order valence-corrected chi connectivity index (χ2v) is 22.8. The molecule has 474 valence electrons. The van der Waals surface area contributed by atoms with Crippen LogP contribution in [-0.2, 0) is 59.2 Å². The van der Waals surface area contributed by atoms with E-state index in [4.69, 9.17) is 22.9 Å². The summed E-state index contributed by atoms with van der Waals surface area (Å²) in [5, 5.41) is 45.1. The molecule has 1 saturated heterocycles. The van der Waals surface area contributed by atoms with Crippen molar-refractivity contribution in [2.45, 2.75) is 205 Å². The van der Waals surface area contributed by atoms with E-state index >= 15 is 0 Å². The van der Waals surface area contributed by atoms with Gasteiger partial charge in [-0.25, -0.2) is 0 Å². The number of aliphatic hydroxyl groups excluding tert-OH is 2. The molecule has 1 aliphatic heterocycles. The van der Waals surface area contributed by atoms with Crippen LogP contribution in [0.1, 0.15) is 144 Å². The quantitative estimate of drug-likeness (QED) is 0.0370. The van der Waals surface area contributed by atoms with Crippen molar-refractivity contribution in [3.63, 3.8) is 0 Å². The highest BCUT2D eigenvalue weighted by Crippen LogP contribution is 2.18. The van der Waals surface area contributed by atoms with E-state index in [2.05, 4.69) is 61.7 Å². The number of nitrogens with two attached hydrogens (primary N) is 4. The Morgan fingerprint density at radius 2 is 1.10 bits per heavy atom. The highest BCUT2D eigenvalue weighted by Gasteiger charge is 2.38. The first-order valence-corrected chi connectivity index (χ1v) is 29.8. The van der Waals surface area contributed by atoms with Crippen molar-refractivity contribution in [2.24, 2.45) is 46.6 Å². The third kappa shape index (κ3) is 26.6. The standard InChI is InChI=1S/C58H99N13O13/c1-8-14-41-52(78)67-43(22-27-62)55(81)71-49(36(7)73)58(84)63-28-23-44(54(80)66-42(21-26-61)53(79)69-46(30-37-16-10-9-11-17-37)57(83)68-45(29-34(4)5)56(82)65-41)64-50(76)39(20-25-60)32-47(75)48(35(6)72)70-51(77)38(19-24-59)31-40(74)18-13-12-15-33(2)3/h9-11,16-17,33-36,38-39,41-46,48-49,72-73H,8,12-15,18-32,59-62H2,1-7H3,(H,63,84)(H,64,76)(H,65,82)(H,66,80)(H,67,78)(H,68,83)(H,69,79)(H,70,77)(H,71,81)/t35-,36-,38-,39-,41+,42-,43+,44+,45+,46-,48+,49+/m1/s1. The minimum atomic E-state index is -1.65. The Bertz CT molecular complexity index is 2290. The first-order valence-electron chi connectivity index (χ1n) is 29.8. The zero-order valence-electron chi connectivity index (χ0n) is 50.3. The average Bonchev–Trinajstić information content (AvgIpc) is 3.64. The molecule has 1 aromatic rings. The highest BCUT2D eigenvalue weighted by molar-refractivity contribution is 5.99. The Labute approximate surface area is 494 Å². The van der Waals surface area contributed by atoms with Crippen molar-refractivity contribution in [1.82, 2.24) is 47.9 Å². The van der Waals surface area contributed by atoms with E-state index in [-0.39, 0.29) is 95.7 Å². The molecule has 0 unspecified atom stereocenters. The molecular formula is C58H99N13O13. The molecule has 1 heterocycles. The van der Waals surface area contributed by atoms with Crippen molar-refractivity contribution in [3.05, 3.63) is 35.9 Å². The number of carbonyl (C=O) groups excluding carboxylic acids is 11. The van der Waals surface area contributed by atoms with Gasteiger partial charge in [-0.3, -0.25) is 52.7 Å². The number of ketones is 2. The number of Topliss-reactive ketones (excluding diaryl/α,β-unsaturated/α-hetero) is 2. The van der Waals surface area contributed by atoms with Gasteiger partial charge in [-0.15, -0.1) is 0 Å². The number of benzene rings is 1. The van der Waals surface area contributed by atoms with Crippen LogP contribution < -0.4 is 70.8 Å². The number of nitrogens with one attached hydrogen (secondary N) is 9. The molecule has 1 aliphatic rings. The van der Waals surface area contributed by atoms with Gasteiger partial charge in [-0.2, -0.15) is 0 Å². The lowest BCUT2D eigenvalue weighted by molar-refractivity contribution is -0.137. The van der Waals surface area contributed by atoms with Crippen molar-refractivity contribution in [3.8, 4) is 0 Å². The van der Waals surface area contributed by atoms with E-state index in [1.807, 2.05) is 13.8 Å². The molecule has 84 heavy (non-hydrogen) atoms. The molecule has 0 aliphatic carbocycles. The fraction of sp³-hybridized carbons (Fsp3) is 0.707. The predicted molar refractivity (Wildman–Crippen MR) is 315 cm³/mol.